The fraction of sp³-hybridized carbons (Fsp3) is 0.211. The predicted molar refractivity (Wildman–Crippen MR) is 93.1 cm³/mol. The van der Waals surface area contributed by atoms with Gasteiger partial charge in [0.05, 0.1) is 13.2 Å². The fourth-order valence-corrected chi connectivity index (χ4v) is 1.96. The lowest BCUT2D eigenvalue weighted by Crippen LogP contribution is -2.38. The van der Waals surface area contributed by atoms with Gasteiger partial charge < -0.3 is 25.2 Å². The molecule has 0 amide bonds. The van der Waals surface area contributed by atoms with Gasteiger partial charge >= 0.3 is 5.97 Å². The first-order valence-electron chi connectivity index (χ1n) is 7.61. The molecular weight excluding hydrogens is 324 g/mol. The summed E-state index contributed by atoms with van der Waals surface area (Å²) in [7, 11) is 0. The zero-order valence-electron chi connectivity index (χ0n) is 13.7. The molecule has 0 spiro atoms. The standard InChI is InChI=1S/C19H20O6/c1-19(11-20,12-21)18(24)25-17-6-4-13(5-7-17)2-3-14-8-15(22)10-16(23)9-14/h2-10,20-23H,11-12H2,1H3/b3-2+. The molecule has 6 heteroatoms. The molecule has 0 saturated heterocycles. The molecule has 0 unspecified atom stereocenters. The van der Waals surface area contributed by atoms with Crippen LogP contribution < -0.4 is 4.74 Å². The summed E-state index contributed by atoms with van der Waals surface area (Å²) in [6.07, 6.45) is 3.49. The van der Waals surface area contributed by atoms with E-state index < -0.39 is 24.6 Å². The van der Waals surface area contributed by atoms with Crippen LogP contribution in [0.3, 0.4) is 0 Å². The van der Waals surface area contributed by atoms with Gasteiger partial charge in [0.15, 0.2) is 0 Å². The second kappa shape index (κ2) is 7.83. The van der Waals surface area contributed by atoms with E-state index in [0.29, 0.717) is 11.3 Å². The van der Waals surface area contributed by atoms with Crippen LogP contribution in [0.5, 0.6) is 17.2 Å². The van der Waals surface area contributed by atoms with Gasteiger partial charge in [-0.2, -0.15) is 0 Å². The minimum absolute atomic E-state index is 0.0299. The molecule has 0 aliphatic carbocycles. The van der Waals surface area contributed by atoms with Crippen molar-refractivity contribution in [2.24, 2.45) is 5.41 Å². The monoisotopic (exact) mass is 344 g/mol. The first-order chi connectivity index (χ1) is 11.9. The summed E-state index contributed by atoms with van der Waals surface area (Å²) in [5, 5.41) is 37.3. The Morgan fingerprint density at radius 2 is 1.48 bits per heavy atom. The highest BCUT2D eigenvalue weighted by atomic mass is 16.5. The lowest BCUT2D eigenvalue weighted by atomic mass is 9.93. The van der Waals surface area contributed by atoms with Crippen LogP contribution in [0.4, 0.5) is 0 Å². The predicted octanol–water partition coefficient (Wildman–Crippen LogP) is 2.16. The van der Waals surface area contributed by atoms with Crippen molar-refractivity contribution in [1.29, 1.82) is 0 Å². The Bertz CT molecular complexity index is 740. The van der Waals surface area contributed by atoms with Crippen LogP contribution in [0.2, 0.25) is 0 Å². The number of rotatable bonds is 6. The van der Waals surface area contributed by atoms with Crippen LogP contribution in [-0.2, 0) is 4.79 Å². The third kappa shape index (κ3) is 4.82. The smallest absolute Gasteiger partial charge is 0.321 e. The van der Waals surface area contributed by atoms with Crippen molar-refractivity contribution in [3.63, 3.8) is 0 Å². The molecule has 0 saturated carbocycles. The van der Waals surface area contributed by atoms with E-state index in [4.69, 9.17) is 4.74 Å². The molecule has 0 bridgehead atoms. The average molecular weight is 344 g/mol. The number of carbonyl (C=O) groups excluding carboxylic acids is 1. The number of phenolic OH excluding ortho intramolecular Hbond substituents is 2. The molecule has 0 aromatic heterocycles. The summed E-state index contributed by atoms with van der Waals surface area (Å²) in [4.78, 5) is 12.0. The molecule has 0 heterocycles. The molecule has 0 aliphatic rings. The van der Waals surface area contributed by atoms with Crippen LogP contribution in [0.25, 0.3) is 12.2 Å². The van der Waals surface area contributed by atoms with Gasteiger partial charge in [0.25, 0.3) is 0 Å². The SMILES string of the molecule is CC(CO)(CO)C(=O)Oc1ccc(/C=C/c2cc(O)cc(O)c2)cc1. The number of benzene rings is 2. The van der Waals surface area contributed by atoms with Gasteiger partial charge in [0.1, 0.15) is 22.7 Å². The molecule has 0 fully saturated rings. The molecule has 2 aromatic carbocycles. The van der Waals surface area contributed by atoms with Crippen molar-refractivity contribution < 1.29 is 30.0 Å². The van der Waals surface area contributed by atoms with E-state index in [0.717, 1.165) is 5.56 Å². The number of carbonyl (C=O) groups is 1. The van der Waals surface area contributed by atoms with Crippen molar-refractivity contribution >= 4 is 18.1 Å². The number of aliphatic hydroxyl groups excluding tert-OH is 2. The first-order valence-corrected chi connectivity index (χ1v) is 7.61. The maximum atomic E-state index is 12.0. The summed E-state index contributed by atoms with van der Waals surface area (Å²) < 4.78 is 5.16. The molecular formula is C19H20O6. The summed E-state index contributed by atoms with van der Waals surface area (Å²) in [5.41, 5.74) is 0.0972. The van der Waals surface area contributed by atoms with Crippen LogP contribution in [-0.4, -0.2) is 39.6 Å². The molecule has 0 radical (unpaired) electrons. The number of phenols is 2. The minimum Gasteiger partial charge on any atom is -0.508 e. The highest BCUT2D eigenvalue weighted by Crippen LogP contribution is 2.23. The van der Waals surface area contributed by atoms with Crippen molar-refractivity contribution in [2.75, 3.05) is 13.2 Å². The van der Waals surface area contributed by atoms with Crippen LogP contribution >= 0.6 is 0 Å². The quantitative estimate of drug-likeness (QED) is 0.363. The van der Waals surface area contributed by atoms with Crippen LogP contribution in [0.15, 0.2) is 42.5 Å². The zero-order chi connectivity index (χ0) is 18.4. The van der Waals surface area contributed by atoms with E-state index in [2.05, 4.69) is 0 Å². The Labute approximate surface area is 145 Å². The number of aliphatic hydroxyl groups is 2. The highest BCUT2D eigenvalue weighted by molar-refractivity contribution is 5.79. The third-order valence-electron chi connectivity index (χ3n) is 3.67. The Morgan fingerprint density at radius 3 is 2.00 bits per heavy atom. The van der Waals surface area contributed by atoms with E-state index in [9.17, 15) is 25.2 Å². The molecule has 25 heavy (non-hydrogen) atoms. The largest absolute Gasteiger partial charge is 0.508 e. The number of ether oxygens (including phenoxy) is 1. The van der Waals surface area contributed by atoms with Gasteiger partial charge in [0.2, 0.25) is 0 Å². The van der Waals surface area contributed by atoms with Crippen LogP contribution in [0, 0.1) is 5.41 Å². The lowest BCUT2D eigenvalue weighted by molar-refractivity contribution is -0.149. The van der Waals surface area contributed by atoms with Crippen molar-refractivity contribution in [1.82, 2.24) is 0 Å². The van der Waals surface area contributed by atoms with E-state index >= 15 is 0 Å². The molecule has 0 atom stereocenters. The Kier molecular flexibility index (Phi) is 5.80. The highest BCUT2D eigenvalue weighted by Gasteiger charge is 2.34. The molecule has 6 nitrogen and oxygen atoms in total. The average Bonchev–Trinajstić information content (AvgIpc) is 2.59. The molecule has 132 valence electrons. The number of aromatic hydroxyl groups is 2. The normalized spacial score (nSPS) is 11.6. The summed E-state index contributed by atoms with van der Waals surface area (Å²) in [6, 6.07) is 10.9. The Hall–Kier alpha value is -2.83. The van der Waals surface area contributed by atoms with Gasteiger partial charge in [-0.25, -0.2) is 0 Å². The third-order valence-corrected chi connectivity index (χ3v) is 3.67. The minimum atomic E-state index is -1.35. The second-order valence-corrected chi connectivity index (χ2v) is 5.95. The lowest BCUT2D eigenvalue weighted by Gasteiger charge is -2.21. The van der Waals surface area contributed by atoms with E-state index in [1.54, 1.807) is 36.4 Å². The summed E-state index contributed by atoms with van der Waals surface area (Å²) >= 11 is 0. The maximum Gasteiger partial charge on any atom is 0.321 e. The van der Waals surface area contributed by atoms with Gasteiger partial charge in [-0.3, -0.25) is 4.79 Å². The summed E-state index contributed by atoms with van der Waals surface area (Å²) in [5.74, 6) is -0.475. The van der Waals surface area contributed by atoms with Crippen LogP contribution in [0.1, 0.15) is 18.1 Å². The van der Waals surface area contributed by atoms with Gasteiger partial charge in [-0.05, 0) is 42.3 Å². The van der Waals surface area contributed by atoms with Gasteiger partial charge in [-0.1, -0.05) is 24.3 Å². The van der Waals surface area contributed by atoms with E-state index in [-0.39, 0.29) is 11.5 Å². The van der Waals surface area contributed by atoms with Crippen molar-refractivity contribution in [2.45, 2.75) is 6.92 Å². The summed E-state index contributed by atoms with van der Waals surface area (Å²) in [6.45, 7) is 0.386. The van der Waals surface area contributed by atoms with Gasteiger partial charge in [0, 0.05) is 6.07 Å². The van der Waals surface area contributed by atoms with Crippen molar-refractivity contribution in [3.8, 4) is 17.2 Å². The molecule has 2 rings (SSSR count). The second-order valence-electron chi connectivity index (χ2n) is 5.95. The molecule has 0 aliphatic heterocycles. The Morgan fingerprint density at radius 1 is 0.960 bits per heavy atom. The fourth-order valence-electron chi connectivity index (χ4n) is 1.96. The molecule has 2 aromatic rings. The topological polar surface area (TPSA) is 107 Å². The maximum absolute atomic E-state index is 12.0. The number of hydrogen-bond acceptors (Lipinski definition) is 6. The molecule has 4 N–H and O–H groups in total. The van der Waals surface area contributed by atoms with E-state index in [1.807, 2.05) is 0 Å². The van der Waals surface area contributed by atoms with Gasteiger partial charge in [-0.15, -0.1) is 0 Å². The number of esters is 1. The zero-order valence-corrected chi connectivity index (χ0v) is 13.7. The number of hydrogen-bond donors (Lipinski definition) is 4. The van der Waals surface area contributed by atoms with E-state index in [1.165, 1.54) is 25.1 Å². The van der Waals surface area contributed by atoms with Crippen molar-refractivity contribution in [3.05, 3.63) is 53.6 Å². The Balaban J connectivity index is 2.07. The first kappa shape index (κ1) is 18.5.